The number of fused-ring (bicyclic) bond motifs is 1. The summed E-state index contributed by atoms with van der Waals surface area (Å²) in [4.78, 5) is 2.83. The van der Waals surface area contributed by atoms with Crippen LogP contribution < -0.4 is 4.74 Å². The molecular formula is C26H35ClFNO. The van der Waals surface area contributed by atoms with Gasteiger partial charge < -0.3 is 4.74 Å². The van der Waals surface area contributed by atoms with Crippen LogP contribution in [0.1, 0.15) is 68.6 Å². The van der Waals surface area contributed by atoms with E-state index in [2.05, 4.69) is 30.0 Å². The van der Waals surface area contributed by atoms with Gasteiger partial charge in [0.2, 0.25) is 0 Å². The highest BCUT2D eigenvalue weighted by molar-refractivity contribution is 5.85. The van der Waals surface area contributed by atoms with Crippen LogP contribution in [0.3, 0.4) is 0 Å². The standard InChI is InChI=1S/C26H34FNO.ClH/c1-2-3-5-16-28-17-6-4-14-26(28)15-13-22-18-25(12-9-23(22)19-26)29-20-21-7-10-24(27)11-8-21;/h7-12,18H,2-6,13-17,19-20H2,1H3;1H. The first-order valence-electron chi connectivity index (χ1n) is 11.4. The molecule has 0 saturated carbocycles. The molecule has 0 aromatic heterocycles. The summed E-state index contributed by atoms with van der Waals surface area (Å²) in [5.41, 5.74) is 4.34. The number of unbranched alkanes of at least 4 members (excludes halogenated alkanes) is 2. The van der Waals surface area contributed by atoms with Crippen LogP contribution in [0.5, 0.6) is 5.75 Å². The molecule has 0 radical (unpaired) electrons. The molecule has 2 aromatic rings. The normalized spacial score (nSPS) is 21.1. The maximum absolute atomic E-state index is 13.1. The Kier molecular flexibility index (Phi) is 8.19. The van der Waals surface area contributed by atoms with Gasteiger partial charge in [0.15, 0.2) is 0 Å². The van der Waals surface area contributed by atoms with Crippen molar-refractivity contribution in [1.82, 2.24) is 4.90 Å². The van der Waals surface area contributed by atoms with Crippen molar-refractivity contribution >= 4 is 12.4 Å². The van der Waals surface area contributed by atoms with E-state index < -0.39 is 0 Å². The fourth-order valence-corrected chi connectivity index (χ4v) is 5.19. The van der Waals surface area contributed by atoms with Crippen LogP contribution in [0.15, 0.2) is 42.5 Å². The molecule has 4 heteroatoms. The van der Waals surface area contributed by atoms with Gasteiger partial charge in [0, 0.05) is 5.54 Å². The van der Waals surface area contributed by atoms with E-state index in [0.29, 0.717) is 12.1 Å². The van der Waals surface area contributed by atoms with E-state index in [-0.39, 0.29) is 18.2 Å². The lowest BCUT2D eigenvalue weighted by Crippen LogP contribution is -2.55. The second kappa shape index (κ2) is 10.6. The van der Waals surface area contributed by atoms with Gasteiger partial charge in [-0.15, -0.1) is 12.4 Å². The minimum Gasteiger partial charge on any atom is -0.489 e. The zero-order valence-corrected chi connectivity index (χ0v) is 19.0. The molecule has 1 aliphatic carbocycles. The monoisotopic (exact) mass is 431 g/mol. The summed E-state index contributed by atoms with van der Waals surface area (Å²) in [7, 11) is 0. The molecule has 2 aromatic carbocycles. The number of rotatable bonds is 7. The van der Waals surface area contributed by atoms with Crippen molar-refractivity contribution in [3.8, 4) is 5.75 Å². The molecule has 4 rings (SSSR count). The topological polar surface area (TPSA) is 12.5 Å². The van der Waals surface area contributed by atoms with Crippen molar-refractivity contribution in [2.24, 2.45) is 0 Å². The van der Waals surface area contributed by atoms with Crippen LogP contribution in [-0.4, -0.2) is 23.5 Å². The van der Waals surface area contributed by atoms with Crippen LogP contribution >= 0.6 is 12.4 Å². The maximum Gasteiger partial charge on any atom is 0.123 e. The Labute approximate surface area is 187 Å². The number of nitrogens with zero attached hydrogens (tertiary/aromatic N) is 1. The number of aryl methyl sites for hydroxylation is 1. The van der Waals surface area contributed by atoms with Crippen LogP contribution in [-0.2, 0) is 19.4 Å². The Hall–Kier alpha value is -1.58. The SMILES string of the molecule is CCCCCN1CCCCC12CCc1cc(OCc3ccc(F)cc3)ccc1C2.Cl. The van der Waals surface area contributed by atoms with Crippen LogP contribution in [0.25, 0.3) is 0 Å². The third-order valence-electron chi connectivity index (χ3n) is 6.90. The summed E-state index contributed by atoms with van der Waals surface area (Å²) >= 11 is 0. The van der Waals surface area contributed by atoms with E-state index >= 15 is 0 Å². The molecule has 1 heterocycles. The van der Waals surface area contributed by atoms with Gasteiger partial charge in [-0.2, -0.15) is 0 Å². The van der Waals surface area contributed by atoms with E-state index in [1.807, 2.05) is 0 Å². The highest BCUT2D eigenvalue weighted by Gasteiger charge is 2.40. The molecule has 2 aliphatic rings. The predicted molar refractivity (Wildman–Crippen MR) is 124 cm³/mol. The Balaban J connectivity index is 0.00000256. The number of likely N-dealkylation sites (tertiary alicyclic amines) is 1. The molecule has 1 unspecified atom stereocenters. The third kappa shape index (κ3) is 5.36. The van der Waals surface area contributed by atoms with Gasteiger partial charge in [-0.3, -0.25) is 4.90 Å². The van der Waals surface area contributed by atoms with Crippen molar-refractivity contribution in [1.29, 1.82) is 0 Å². The van der Waals surface area contributed by atoms with E-state index in [1.165, 1.54) is 87.7 Å². The summed E-state index contributed by atoms with van der Waals surface area (Å²) in [6, 6.07) is 13.2. The highest BCUT2D eigenvalue weighted by atomic mass is 35.5. The minimum absolute atomic E-state index is 0. The Morgan fingerprint density at radius 2 is 1.83 bits per heavy atom. The number of hydrogen-bond acceptors (Lipinski definition) is 2. The molecular weight excluding hydrogens is 397 g/mol. The van der Waals surface area contributed by atoms with Crippen molar-refractivity contribution in [3.63, 3.8) is 0 Å². The molecule has 1 spiro atoms. The number of piperidine rings is 1. The number of hydrogen-bond donors (Lipinski definition) is 0. The Morgan fingerprint density at radius 3 is 2.63 bits per heavy atom. The van der Waals surface area contributed by atoms with Crippen LogP contribution in [0.2, 0.25) is 0 Å². The Bertz CT molecular complexity index is 809. The zero-order valence-electron chi connectivity index (χ0n) is 18.2. The van der Waals surface area contributed by atoms with Gasteiger partial charge in [-0.05, 0) is 92.6 Å². The van der Waals surface area contributed by atoms with Crippen molar-refractivity contribution in [2.45, 2.75) is 76.9 Å². The van der Waals surface area contributed by atoms with Crippen molar-refractivity contribution < 1.29 is 9.13 Å². The quantitative estimate of drug-likeness (QED) is 0.450. The molecule has 0 N–H and O–H groups in total. The zero-order chi connectivity index (χ0) is 20.1. The molecule has 1 aliphatic heterocycles. The average molecular weight is 432 g/mol. The molecule has 2 nitrogen and oxygen atoms in total. The van der Waals surface area contributed by atoms with Crippen LogP contribution in [0.4, 0.5) is 4.39 Å². The van der Waals surface area contributed by atoms with Gasteiger partial charge >= 0.3 is 0 Å². The lowest BCUT2D eigenvalue weighted by atomic mass is 9.72. The van der Waals surface area contributed by atoms with E-state index in [1.54, 1.807) is 12.1 Å². The van der Waals surface area contributed by atoms with Crippen molar-refractivity contribution in [2.75, 3.05) is 13.1 Å². The molecule has 1 saturated heterocycles. The fraction of sp³-hybridized carbons (Fsp3) is 0.538. The van der Waals surface area contributed by atoms with Crippen LogP contribution in [0, 0.1) is 5.82 Å². The molecule has 0 bridgehead atoms. The smallest absolute Gasteiger partial charge is 0.123 e. The molecule has 0 amide bonds. The maximum atomic E-state index is 13.1. The first kappa shape index (κ1) is 23.1. The van der Waals surface area contributed by atoms with Gasteiger partial charge in [0.25, 0.3) is 0 Å². The summed E-state index contributed by atoms with van der Waals surface area (Å²) in [6.45, 7) is 5.31. The second-order valence-electron chi connectivity index (χ2n) is 8.90. The number of ether oxygens (including phenoxy) is 1. The predicted octanol–water partition coefficient (Wildman–Crippen LogP) is 6.73. The van der Waals surface area contributed by atoms with Gasteiger partial charge in [-0.25, -0.2) is 4.39 Å². The van der Waals surface area contributed by atoms with E-state index in [9.17, 15) is 4.39 Å². The summed E-state index contributed by atoms with van der Waals surface area (Å²) in [5.74, 6) is 0.718. The minimum atomic E-state index is -0.206. The lowest BCUT2D eigenvalue weighted by Gasteiger charge is -2.50. The van der Waals surface area contributed by atoms with Crippen molar-refractivity contribution in [3.05, 3.63) is 65.0 Å². The highest BCUT2D eigenvalue weighted by Crippen LogP contribution is 2.41. The first-order chi connectivity index (χ1) is 14.2. The van der Waals surface area contributed by atoms with Gasteiger partial charge in [-0.1, -0.05) is 44.4 Å². The second-order valence-corrected chi connectivity index (χ2v) is 8.90. The third-order valence-corrected chi connectivity index (χ3v) is 6.90. The van der Waals surface area contributed by atoms with Gasteiger partial charge in [0.1, 0.15) is 18.2 Å². The summed E-state index contributed by atoms with van der Waals surface area (Å²) < 4.78 is 19.0. The Morgan fingerprint density at radius 1 is 1.00 bits per heavy atom. The van der Waals surface area contributed by atoms with E-state index in [0.717, 1.165) is 17.7 Å². The first-order valence-corrected chi connectivity index (χ1v) is 11.4. The van der Waals surface area contributed by atoms with Gasteiger partial charge in [0.05, 0.1) is 0 Å². The molecule has 1 atom stereocenters. The van der Waals surface area contributed by atoms with E-state index in [4.69, 9.17) is 4.74 Å². The number of benzene rings is 2. The summed E-state index contributed by atoms with van der Waals surface area (Å²) in [6.07, 6.45) is 11.7. The summed E-state index contributed by atoms with van der Waals surface area (Å²) in [5, 5.41) is 0. The fourth-order valence-electron chi connectivity index (χ4n) is 5.19. The average Bonchev–Trinajstić information content (AvgIpc) is 2.75. The molecule has 1 fully saturated rings. The molecule has 164 valence electrons. The molecule has 30 heavy (non-hydrogen) atoms. The lowest BCUT2D eigenvalue weighted by molar-refractivity contribution is 0.0325. The number of halogens is 2. The largest absolute Gasteiger partial charge is 0.489 e.